The van der Waals surface area contributed by atoms with E-state index in [4.69, 9.17) is 4.74 Å². The predicted molar refractivity (Wildman–Crippen MR) is 145 cm³/mol. The maximum Gasteiger partial charge on any atom is 0.253 e. The first-order valence-corrected chi connectivity index (χ1v) is 13.7. The van der Waals surface area contributed by atoms with Crippen LogP contribution in [0.25, 0.3) is 11.0 Å². The third kappa shape index (κ3) is 5.65. The molecule has 3 heterocycles. The number of carbonyl (C=O) groups is 2. The maximum atomic E-state index is 13.8. The van der Waals surface area contributed by atoms with E-state index in [2.05, 4.69) is 41.3 Å². The first kappa shape index (κ1) is 25.3. The molecule has 7 nitrogen and oxygen atoms in total. The van der Waals surface area contributed by atoms with Gasteiger partial charge in [0.1, 0.15) is 12.4 Å². The fourth-order valence-corrected chi connectivity index (χ4v) is 5.88. The van der Waals surface area contributed by atoms with Gasteiger partial charge in [0.25, 0.3) is 5.91 Å². The monoisotopic (exact) mass is 502 g/mol. The van der Waals surface area contributed by atoms with Gasteiger partial charge >= 0.3 is 0 Å². The van der Waals surface area contributed by atoms with Crippen LogP contribution >= 0.6 is 0 Å². The number of H-pyrrole nitrogens is 1. The summed E-state index contributed by atoms with van der Waals surface area (Å²) in [7, 11) is 0. The lowest BCUT2D eigenvalue weighted by Crippen LogP contribution is -2.53. The molecule has 2 N–H and O–H groups in total. The molecule has 1 aromatic heterocycles. The Labute approximate surface area is 219 Å². The number of imidazole rings is 1. The van der Waals surface area contributed by atoms with Crippen LogP contribution in [0.1, 0.15) is 68.3 Å². The molecule has 3 aromatic rings. The van der Waals surface area contributed by atoms with Crippen LogP contribution in [-0.4, -0.2) is 52.4 Å². The van der Waals surface area contributed by atoms with E-state index in [-0.39, 0.29) is 17.9 Å². The number of rotatable bonds is 3. The van der Waals surface area contributed by atoms with Crippen LogP contribution in [0.5, 0.6) is 5.75 Å². The molecule has 0 saturated carbocycles. The average molecular weight is 503 g/mol. The van der Waals surface area contributed by atoms with Crippen molar-refractivity contribution in [3.05, 3.63) is 59.9 Å². The average Bonchev–Trinajstić information content (AvgIpc) is 3.37. The van der Waals surface area contributed by atoms with Gasteiger partial charge in [0.2, 0.25) is 5.91 Å². The number of nitrogens with one attached hydrogen (secondary N) is 2. The van der Waals surface area contributed by atoms with E-state index >= 15 is 0 Å². The number of benzene rings is 2. The summed E-state index contributed by atoms with van der Waals surface area (Å²) in [5.74, 6) is 1.52. The number of hydrogen-bond acceptors (Lipinski definition) is 4. The summed E-state index contributed by atoms with van der Waals surface area (Å²) < 4.78 is 6.25. The number of piperidine rings is 1. The summed E-state index contributed by atoms with van der Waals surface area (Å²) in [5.41, 5.74) is 3.16. The SMILES string of the molecule is CC(C)C[C@H]1COc2ccccc2CCCCC2(CCN(C(=O)c3ccc4nc[nH]c4c3)CC2)C(=O)N1. The molecular formula is C30H38N4O3. The Morgan fingerprint density at radius 3 is 2.76 bits per heavy atom. The van der Waals surface area contributed by atoms with E-state index in [1.165, 1.54) is 5.56 Å². The predicted octanol–water partition coefficient (Wildman–Crippen LogP) is 5.12. The van der Waals surface area contributed by atoms with Gasteiger partial charge in [-0.2, -0.15) is 0 Å². The van der Waals surface area contributed by atoms with E-state index in [0.29, 0.717) is 44.0 Å². The molecule has 1 saturated heterocycles. The first-order chi connectivity index (χ1) is 17.9. The number of ether oxygens (including phenoxy) is 1. The second-order valence-corrected chi connectivity index (χ2v) is 11.1. The van der Waals surface area contributed by atoms with Gasteiger partial charge in [-0.05, 0) is 74.3 Å². The van der Waals surface area contributed by atoms with Gasteiger partial charge in [-0.15, -0.1) is 0 Å². The van der Waals surface area contributed by atoms with Gasteiger partial charge in [0, 0.05) is 18.7 Å². The summed E-state index contributed by atoms with van der Waals surface area (Å²) in [5, 5.41) is 3.37. The lowest BCUT2D eigenvalue weighted by Gasteiger charge is -2.42. The zero-order valence-electron chi connectivity index (χ0n) is 22.0. The van der Waals surface area contributed by atoms with Gasteiger partial charge < -0.3 is 19.9 Å². The lowest BCUT2D eigenvalue weighted by atomic mass is 9.73. The first-order valence-electron chi connectivity index (χ1n) is 13.7. The van der Waals surface area contributed by atoms with Crippen molar-refractivity contribution in [1.29, 1.82) is 0 Å². The summed E-state index contributed by atoms with van der Waals surface area (Å²) in [6.45, 7) is 5.99. The molecule has 0 radical (unpaired) electrons. The maximum absolute atomic E-state index is 13.8. The van der Waals surface area contributed by atoms with Crippen LogP contribution in [0.3, 0.4) is 0 Å². The van der Waals surface area contributed by atoms with Crippen molar-refractivity contribution in [3.8, 4) is 5.75 Å². The van der Waals surface area contributed by atoms with E-state index in [9.17, 15) is 9.59 Å². The number of likely N-dealkylation sites (tertiary alicyclic amines) is 1. The molecule has 1 spiro atoms. The number of para-hydroxylation sites is 1. The van der Waals surface area contributed by atoms with Crippen LogP contribution in [0.15, 0.2) is 48.8 Å². The fraction of sp³-hybridized carbons (Fsp3) is 0.500. The van der Waals surface area contributed by atoms with Crippen LogP contribution in [0.2, 0.25) is 0 Å². The highest BCUT2D eigenvalue weighted by molar-refractivity contribution is 5.97. The Kier molecular flexibility index (Phi) is 7.49. The molecule has 7 heteroatoms. The highest BCUT2D eigenvalue weighted by Gasteiger charge is 2.42. The van der Waals surface area contributed by atoms with E-state index < -0.39 is 5.41 Å². The number of nitrogens with zero attached hydrogens (tertiary/aromatic N) is 2. The number of carbonyl (C=O) groups excluding carboxylic acids is 2. The fourth-order valence-electron chi connectivity index (χ4n) is 5.88. The molecular weight excluding hydrogens is 464 g/mol. The van der Waals surface area contributed by atoms with Crippen molar-refractivity contribution in [2.24, 2.45) is 11.3 Å². The van der Waals surface area contributed by atoms with Crippen LogP contribution in [0, 0.1) is 11.3 Å². The molecule has 0 aliphatic carbocycles. The number of aryl methyl sites for hydroxylation is 1. The summed E-state index contributed by atoms with van der Waals surface area (Å²) in [6.07, 6.45) is 7.65. The number of fused-ring (bicyclic) bond motifs is 2. The smallest absolute Gasteiger partial charge is 0.253 e. The van der Waals surface area contributed by atoms with Crippen molar-refractivity contribution in [2.45, 2.75) is 64.8 Å². The van der Waals surface area contributed by atoms with Gasteiger partial charge in [-0.3, -0.25) is 9.59 Å². The third-order valence-corrected chi connectivity index (χ3v) is 8.01. The van der Waals surface area contributed by atoms with Gasteiger partial charge in [-0.1, -0.05) is 38.5 Å². The zero-order chi connectivity index (χ0) is 25.8. The van der Waals surface area contributed by atoms with E-state index in [0.717, 1.165) is 48.9 Å². The van der Waals surface area contributed by atoms with Crippen LogP contribution in [0.4, 0.5) is 0 Å². The van der Waals surface area contributed by atoms with Crippen molar-refractivity contribution in [2.75, 3.05) is 19.7 Å². The van der Waals surface area contributed by atoms with Crippen molar-refractivity contribution >= 4 is 22.8 Å². The molecule has 2 aliphatic heterocycles. The third-order valence-electron chi connectivity index (χ3n) is 8.01. The van der Waals surface area contributed by atoms with Crippen LogP contribution in [-0.2, 0) is 11.2 Å². The van der Waals surface area contributed by atoms with Crippen molar-refractivity contribution in [3.63, 3.8) is 0 Å². The number of hydrogen-bond donors (Lipinski definition) is 2. The molecule has 2 aliphatic rings. The summed E-state index contributed by atoms with van der Waals surface area (Å²) in [6, 6.07) is 13.8. The molecule has 196 valence electrons. The Balaban J connectivity index is 1.31. The van der Waals surface area contributed by atoms with Crippen molar-refractivity contribution in [1.82, 2.24) is 20.2 Å². The zero-order valence-corrected chi connectivity index (χ0v) is 22.0. The molecule has 0 unspecified atom stereocenters. The number of aromatic amines is 1. The minimum absolute atomic E-state index is 0.0163. The second-order valence-electron chi connectivity index (χ2n) is 11.1. The highest BCUT2D eigenvalue weighted by atomic mass is 16.5. The minimum atomic E-state index is -0.446. The molecule has 2 amide bonds. The Bertz CT molecular complexity index is 1240. The highest BCUT2D eigenvalue weighted by Crippen LogP contribution is 2.38. The van der Waals surface area contributed by atoms with Gasteiger partial charge in [-0.25, -0.2) is 4.98 Å². The minimum Gasteiger partial charge on any atom is -0.491 e. The molecule has 5 rings (SSSR count). The Morgan fingerprint density at radius 2 is 1.95 bits per heavy atom. The van der Waals surface area contributed by atoms with Gasteiger partial charge in [0.05, 0.1) is 28.8 Å². The van der Waals surface area contributed by atoms with E-state index in [1.54, 1.807) is 6.33 Å². The lowest BCUT2D eigenvalue weighted by molar-refractivity contribution is -0.135. The molecule has 1 atom stereocenters. The molecule has 1 fully saturated rings. The Morgan fingerprint density at radius 1 is 1.14 bits per heavy atom. The summed E-state index contributed by atoms with van der Waals surface area (Å²) in [4.78, 5) is 36.3. The number of amides is 2. The topological polar surface area (TPSA) is 87.3 Å². The standard InChI is InChI=1S/C30H38N4O3/c1-21(2)17-24-19-37-27-9-4-3-7-22(27)8-5-6-12-30(29(36)33-24)13-15-34(16-14-30)28(35)23-10-11-25-26(18-23)32-20-31-25/h3-4,7,9-11,18,20-21,24H,5-6,8,12-17,19H2,1-2H3,(H,31,32)(H,33,36)/t24-/m0/s1. The molecule has 2 aromatic carbocycles. The largest absolute Gasteiger partial charge is 0.491 e. The van der Waals surface area contributed by atoms with E-state index in [1.807, 2.05) is 35.2 Å². The van der Waals surface area contributed by atoms with Gasteiger partial charge in [0.15, 0.2) is 0 Å². The second kappa shape index (κ2) is 11.0. The Hall–Kier alpha value is -3.35. The normalized spacial score (nSPS) is 20.6. The van der Waals surface area contributed by atoms with Crippen molar-refractivity contribution < 1.29 is 14.3 Å². The molecule has 37 heavy (non-hydrogen) atoms. The summed E-state index contributed by atoms with van der Waals surface area (Å²) >= 11 is 0. The number of aromatic nitrogens is 2. The molecule has 0 bridgehead atoms. The quantitative estimate of drug-likeness (QED) is 0.520. The van der Waals surface area contributed by atoms with Crippen LogP contribution < -0.4 is 10.1 Å².